The fourth-order valence-electron chi connectivity index (χ4n) is 2.40. The van der Waals surface area contributed by atoms with Gasteiger partial charge < -0.3 is 28.8 Å². The van der Waals surface area contributed by atoms with E-state index in [-0.39, 0.29) is 13.2 Å². The van der Waals surface area contributed by atoms with E-state index in [2.05, 4.69) is 26.3 Å². The summed E-state index contributed by atoms with van der Waals surface area (Å²) in [7, 11) is 0. The highest BCUT2D eigenvalue weighted by Gasteiger charge is 2.47. The van der Waals surface area contributed by atoms with Crippen LogP contribution in [0, 0.1) is 0 Å². The van der Waals surface area contributed by atoms with Crippen molar-refractivity contribution < 1.29 is 28.8 Å². The normalized spacial score (nSPS) is 29.8. The first-order chi connectivity index (χ1) is 11.7. The minimum atomic E-state index is -1.17. The first-order valence-electron chi connectivity index (χ1n) is 7.89. The van der Waals surface area contributed by atoms with Crippen molar-refractivity contribution in [1.29, 1.82) is 0 Å². The van der Waals surface area contributed by atoms with E-state index >= 15 is 0 Å². The Hall–Kier alpha value is -1.28. The van der Waals surface area contributed by atoms with Crippen LogP contribution in [-0.4, -0.2) is 68.8 Å². The Kier molecular flexibility index (Phi) is 10.5. The molecule has 0 radical (unpaired) electrons. The van der Waals surface area contributed by atoms with E-state index in [9.17, 15) is 5.11 Å². The van der Waals surface area contributed by atoms with Gasteiger partial charge in [-0.05, 0) is 0 Å². The van der Waals surface area contributed by atoms with Gasteiger partial charge in [0.1, 0.15) is 24.4 Å². The summed E-state index contributed by atoms with van der Waals surface area (Å²) in [6.45, 7) is 16.0. The van der Waals surface area contributed by atoms with Gasteiger partial charge in [-0.15, -0.1) is 26.3 Å². The maximum absolute atomic E-state index is 10.3. The fraction of sp³-hybridized carbons (Fsp3) is 0.556. The monoisotopic (exact) mass is 340 g/mol. The predicted octanol–water partition coefficient (Wildman–Crippen LogP) is 1.62. The smallest absolute Gasteiger partial charge is 0.184 e. The van der Waals surface area contributed by atoms with Gasteiger partial charge in [0.2, 0.25) is 0 Å². The molecule has 24 heavy (non-hydrogen) atoms. The molecule has 136 valence electrons. The molecule has 1 rings (SSSR count). The van der Waals surface area contributed by atoms with Gasteiger partial charge in [0, 0.05) is 0 Å². The summed E-state index contributed by atoms with van der Waals surface area (Å²) < 4.78 is 28.3. The molecule has 0 aromatic carbocycles. The Morgan fingerprint density at radius 1 is 0.750 bits per heavy atom. The molecular formula is C18H28O6. The SMILES string of the molecule is C=CCOC[C@@H]1OC(O)[C@H](OCC=C)[C@@H](OCC=C)[C@@H]1OCC=C. The Bertz CT molecular complexity index is 397. The van der Waals surface area contributed by atoms with Gasteiger partial charge in [0.05, 0.1) is 33.0 Å². The number of ether oxygens (including phenoxy) is 5. The Labute approximate surface area is 144 Å². The van der Waals surface area contributed by atoms with E-state index in [0.29, 0.717) is 19.8 Å². The highest BCUT2D eigenvalue weighted by atomic mass is 16.7. The lowest BCUT2D eigenvalue weighted by atomic mass is 9.98. The molecule has 0 aromatic heterocycles. The molecule has 1 aliphatic heterocycles. The third-order valence-electron chi connectivity index (χ3n) is 3.35. The van der Waals surface area contributed by atoms with Gasteiger partial charge in [0.15, 0.2) is 6.29 Å². The molecule has 1 N–H and O–H groups in total. The molecule has 1 aliphatic rings. The van der Waals surface area contributed by atoms with E-state index in [1.54, 1.807) is 24.3 Å². The second kappa shape index (κ2) is 12.1. The number of hydrogen-bond acceptors (Lipinski definition) is 6. The van der Waals surface area contributed by atoms with Crippen LogP contribution in [-0.2, 0) is 23.7 Å². The van der Waals surface area contributed by atoms with Crippen LogP contribution in [0.4, 0.5) is 0 Å². The summed E-state index contributed by atoms with van der Waals surface area (Å²) in [5, 5.41) is 10.3. The minimum absolute atomic E-state index is 0.229. The first-order valence-corrected chi connectivity index (χ1v) is 7.89. The summed E-state index contributed by atoms with van der Waals surface area (Å²) >= 11 is 0. The zero-order chi connectivity index (χ0) is 17.8. The summed E-state index contributed by atoms with van der Waals surface area (Å²) in [5.74, 6) is 0. The topological polar surface area (TPSA) is 66.4 Å². The van der Waals surface area contributed by atoms with Crippen molar-refractivity contribution in [2.45, 2.75) is 30.7 Å². The fourth-order valence-corrected chi connectivity index (χ4v) is 2.40. The van der Waals surface area contributed by atoms with E-state index in [1.807, 2.05) is 0 Å². The van der Waals surface area contributed by atoms with Crippen LogP contribution in [0.5, 0.6) is 0 Å². The Morgan fingerprint density at radius 3 is 1.79 bits per heavy atom. The van der Waals surface area contributed by atoms with Crippen LogP contribution in [0.2, 0.25) is 0 Å². The lowest BCUT2D eigenvalue weighted by Gasteiger charge is -2.44. The van der Waals surface area contributed by atoms with E-state index in [1.165, 1.54) is 0 Å². The minimum Gasteiger partial charge on any atom is -0.375 e. The average molecular weight is 340 g/mol. The molecule has 1 unspecified atom stereocenters. The molecule has 1 heterocycles. The van der Waals surface area contributed by atoms with Crippen molar-refractivity contribution in [2.75, 3.05) is 33.0 Å². The van der Waals surface area contributed by atoms with Gasteiger partial charge in [0.25, 0.3) is 0 Å². The molecule has 6 nitrogen and oxygen atoms in total. The van der Waals surface area contributed by atoms with Crippen molar-refractivity contribution in [3.05, 3.63) is 50.6 Å². The maximum atomic E-state index is 10.3. The third kappa shape index (κ3) is 6.32. The van der Waals surface area contributed by atoms with Gasteiger partial charge in [-0.25, -0.2) is 0 Å². The second-order valence-electron chi connectivity index (χ2n) is 5.15. The maximum Gasteiger partial charge on any atom is 0.184 e. The van der Waals surface area contributed by atoms with E-state index in [0.717, 1.165) is 0 Å². The van der Waals surface area contributed by atoms with Crippen LogP contribution in [0.15, 0.2) is 50.6 Å². The lowest BCUT2D eigenvalue weighted by molar-refractivity contribution is -0.307. The summed E-state index contributed by atoms with van der Waals surface area (Å²) in [6.07, 6.45) is 3.05. The second-order valence-corrected chi connectivity index (χ2v) is 5.15. The molecule has 0 amide bonds. The number of hydrogen-bond donors (Lipinski definition) is 1. The van der Waals surface area contributed by atoms with Crippen LogP contribution in [0.3, 0.4) is 0 Å². The molecule has 0 aliphatic carbocycles. The van der Waals surface area contributed by atoms with Gasteiger partial charge in [-0.1, -0.05) is 24.3 Å². The zero-order valence-electron chi connectivity index (χ0n) is 14.0. The third-order valence-corrected chi connectivity index (χ3v) is 3.35. The lowest BCUT2D eigenvalue weighted by Crippen LogP contribution is -2.61. The molecule has 0 aromatic rings. The van der Waals surface area contributed by atoms with Crippen LogP contribution in [0.1, 0.15) is 0 Å². The molecular weight excluding hydrogens is 312 g/mol. The summed E-state index contributed by atoms with van der Waals surface area (Å²) in [6, 6.07) is 0. The largest absolute Gasteiger partial charge is 0.375 e. The van der Waals surface area contributed by atoms with Gasteiger partial charge in [-0.3, -0.25) is 0 Å². The standard InChI is InChI=1S/C18H28O6/c1-5-9-20-13-14-15(21-10-6-2)16(22-11-7-3)17(18(19)24-14)23-12-8-4/h5-8,14-19H,1-4,9-13H2/t14-,15+,16-,17+,18?/m0/s1. The first kappa shape index (κ1) is 20.8. The highest BCUT2D eigenvalue weighted by Crippen LogP contribution is 2.27. The summed E-state index contributed by atoms with van der Waals surface area (Å²) in [4.78, 5) is 0. The van der Waals surface area contributed by atoms with E-state index < -0.39 is 30.7 Å². The summed E-state index contributed by atoms with van der Waals surface area (Å²) in [5.41, 5.74) is 0. The molecule has 1 saturated heterocycles. The number of aliphatic hydroxyl groups excluding tert-OH is 1. The van der Waals surface area contributed by atoms with Crippen LogP contribution in [0.25, 0.3) is 0 Å². The van der Waals surface area contributed by atoms with Gasteiger partial charge >= 0.3 is 0 Å². The van der Waals surface area contributed by atoms with Crippen molar-refractivity contribution >= 4 is 0 Å². The molecule has 0 spiro atoms. The van der Waals surface area contributed by atoms with E-state index in [4.69, 9.17) is 23.7 Å². The van der Waals surface area contributed by atoms with Crippen molar-refractivity contribution in [1.82, 2.24) is 0 Å². The van der Waals surface area contributed by atoms with Gasteiger partial charge in [-0.2, -0.15) is 0 Å². The molecule has 0 bridgehead atoms. The van der Waals surface area contributed by atoms with Crippen molar-refractivity contribution in [3.8, 4) is 0 Å². The number of aliphatic hydroxyl groups is 1. The molecule has 1 fully saturated rings. The zero-order valence-corrected chi connectivity index (χ0v) is 14.0. The Morgan fingerprint density at radius 2 is 1.25 bits per heavy atom. The highest BCUT2D eigenvalue weighted by molar-refractivity contribution is 4.94. The van der Waals surface area contributed by atoms with Crippen LogP contribution >= 0.6 is 0 Å². The van der Waals surface area contributed by atoms with Crippen molar-refractivity contribution in [3.63, 3.8) is 0 Å². The average Bonchev–Trinajstić information content (AvgIpc) is 2.58. The predicted molar refractivity (Wildman–Crippen MR) is 91.7 cm³/mol. The van der Waals surface area contributed by atoms with Crippen molar-refractivity contribution in [2.24, 2.45) is 0 Å². The molecule has 0 saturated carbocycles. The Balaban J connectivity index is 2.92. The van der Waals surface area contributed by atoms with Crippen LogP contribution < -0.4 is 0 Å². The molecule has 6 heteroatoms. The molecule has 5 atom stereocenters. The quantitative estimate of drug-likeness (QED) is 0.406. The number of rotatable bonds is 13.